The minimum atomic E-state index is -0.261. The van der Waals surface area contributed by atoms with Crippen LogP contribution in [-0.2, 0) is 6.54 Å². The van der Waals surface area contributed by atoms with Crippen molar-refractivity contribution in [2.45, 2.75) is 39.8 Å². The van der Waals surface area contributed by atoms with Gasteiger partial charge in [0.1, 0.15) is 5.75 Å². The summed E-state index contributed by atoms with van der Waals surface area (Å²) < 4.78 is 5.20. The van der Waals surface area contributed by atoms with E-state index in [1.807, 2.05) is 25.1 Å². The second-order valence-electron chi connectivity index (χ2n) is 5.64. The average Bonchev–Trinajstić information content (AvgIpc) is 2.44. The second-order valence-corrected chi connectivity index (χ2v) is 5.64. The molecule has 0 heterocycles. The van der Waals surface area contributed by atoms with Crippen LogP contribution in [-0.4, -0.2) is 30.9 Å². The van der Waals surface area contributed by atoms with Crippen molar-refractivity contribution in [1.29, 1.82) is 0 Å². The van der Waals surface area contributed by atoms with Gasteiger partial charge in [-0.3, -0.25) is 0 Å². The molecule has 2 amide bonds. The van der Waals surface area contributed by atoms with Crippen LogP contribution < -0.4 is 15.4 Å². The van der Waals surface area contributed by atoms with Gasteiger partial charge in [-0.05, 0) is 36.5 Å². The lowest BCUT2D eigenvalue weighted by molar-refractivity contribution is 0.206. The Morgan fingerprint density at radius 1 is 1.38 bits per heavy atom. The molecule has 0 bridgehead atoms. The standard InChI is InChI=1S/C16H26N2O3/c1-11(2)7-14(10-19)18-16(20)17-9-13-5-6-15(21-4)12(3)8-13/h5-6,8,11,14,19H,7,9-10H2,1-4H3,(H2,17,18,20)/t14-/m0/s1. The Bertz CT molecular complexity index is 461. The molecule has 118 valence electrons. The van der Waals surface area contributed by atoms with Gasteiger partial charge in [-0.25, -0.2) is 4.79 Å². The van der Waals surface area contributed by atoms with E-state index in [-0.39, 0.29) is 18.7 Å². The van der Waals surface area contributed by atoms with Gasteiger partial charge in [0, 0.05) is 6.54 Å². The first-order valence-corrected chi connectivity index (χ1v) is 7.25. The first-order valence-electron chi connectivity index (χ1n) is 7.25. The van der Waals surface area contributed by atoms with Crippen molar-refractivity contribution in [3.8, 4) is 5.75 Å². The van der Waals surface area contributed by atoms with Crippen molar-refractivity contribution in [3.05, 3.63) is 29.3 Å². The summed E-state index contributed by atoms with van der Waals surface area (Å²) in [6.07, 6.45) is 0.756. The van der Waals surface area contributed by atoms with Crippen LogP contribution in [0.15, 0.2) is 18.2 Å². The molecule has 0 aliphatic rings. The maximum Gasteiger partial charge on any atom is 0.315 e. The van der Waals surface area contributed by atoms with Gasteiger partial charge in [-0.15, -0.1) is 0 Å². The summed E-state index contributed by atoms with van der Waals surface area (Å²) in [6, 6.07) is 5.32. The Labute approximate surface area is 126 Å². The number of carbonyl (C=O) groups is 1. The largest absolute Gasteiger partial charge is 0.496 e. The molecule has 0 aromatic heterocycles. The predicted molar refractivity (Wildman–Crippen MR) is 83.4 cm³/mol. The van der Waals surface area contributed by atoms with Crippen LogP contribution in [0.3, 0.4) is 0 Å². The zero-order chi connectivity index (χ0) is 15.8. The van der Waals surface area contributed by atoms with E-state index in [9.17, 15) is 9.90 Å². The van der Waals surface area contributed by atoms with Crippen molar-refractivity contribution in [2.24, 2.45) is 5.92 Å². The Balaban J connectivity index is 2.47. The molecule has 5 heteroatoms. The van der Waals surface area contributed by atoms with E-state index in [4.69, 9.17) is 4.74 Å². The highest BCUT2D eigenvalue weighted by Gasteiger charge is 2.12. The lowest BCUT2D eigenvalue weighted by atomic mass is 10.0. The number of nitrogens with one attached hydrogen (secondary N) is 2. The molecular weight excluding hydrogens is 268 g/mol. The molecule has 1 atom stereocenters. The van der Waals surface area contributed by atoms with Crippen LogP contribution in [0.4, 0.5) is 4.79 Å². The first-order chi connectivity index (χ1) is 9.96. The average molecular weight is 294 g/mol. The molecule has 1 aromatic rings. The summed E-state index contributed by atoms with van der Waals surface area (Å²) >= 11 is 0. The highest BCUT2D eigenvalue weighted by Crippen LogP contribution is 2.18. The van der Waals surface area contributed by atoms with Crippen LogP contribution in [0.2, 0.25) is 0 Å². The van der Waals surface area contributed by atoms with Crippen molar-refractivity contribution in [2.75, 3.05) is 13.7 Å². The topological polar surface area (TPSA) is 70.6 Å². The normalized spacial score (nSPS) is 12.1. The zero-order valence-corrected chi connectivity index (χ0v) is 13.3. The van der Waals surface area contributed by atoms with Crippen molar-refractivity contribution < 1.29 is 14.6 Å². The highest BCUT2D eigenvalue weighted by atomic mass is 16.5. The molecule has 0 aliphatic carbocycles. The van der Waals surface area contributed by atoms with E-state index in [0.717, 1.165) is 23.3 Å². The lowest BCUT2D eigenvalue weighted by Crippen LogP contribution is -2.44. The van der Waals surface area contributed by atoms with Gasteiger partial charge in [-0.2, -0.15) is 0 Å². The Morgan fingerprint density at radius 2 is 2.10 bits per heavy atom. The van der Waals surface area contributed by atoms with Gasteiger partial charge >= 0.3 is 6.03 Å². The molecule has 1 aromatic carbocycles. The number of methoxy groups -OCH3 is 1. The lowest BCUT2D eigenvalue weighted by Gasteiger charge is -2.18. The quantitative estimate of drug-likeness (QED) is 0.722. The fourth-order valence-corrected chi connectivity index (χ4v) is 2.22. The number of hydrogen-bond acceptors (Lipinski definition) is 3. The van der Waals surface area contributed by atoms with Crippen LogP contribution in [0.25, 0.3) is 0 Å². The Morgan fingerprint density at radius 3 is 2.62 bits per heavy atom. The predicted octanol–water partition coefficient (Wildman–Crippen LogP) is 2.21. The van der Waals surface area contributed by atoms with E-state index >= 15 is 0 Å². The van der Waals surface area contributed by atoms with Crippen molar-refractivity contribution in [1.82, 2.24) is 10.6 Å². The molecular formula is C16H26N2O3. The zero-order valence-electron chi connectivity index (χ0n) is 13.3. The van der Waals surface area contributed by atoms with Crippen LogP contribution in [0.5, 0.6) is 5.75 Å². The van der Waals surface area contributed by atoms with Crippen LogP contribution in [0.1, 0.15) is 31.4 Å². The van der Waals surface area contributed by atoms with Crippen molar-refractivity contribution in [3.63, 3.8) is 0 Å². The summed E-state index contributed by atoms with van der Waals surface area (Å²) in [5.74, 6) is 1.26. The third kappa shape index (κ3) is 6.04. The third-order valence-electron chi connectivity index (χ3n) is 3.22. The van der Waals surface area contributed by atoms with Gasteiger partial charge in [0.2, 0.25) is 0 Å². The van der Waals surface area contributed by atoms with Crippen molar-refractivity contribution >= 4 is 6.03 Å². The van der Waals surface area contributed by atoms with Gasteiger partial charge < -0.3 is 20.5 Å². The smallest absolute Gasteiger partial charge is 0.315 e. The highest BCUT2D eigenvalue weighted by molar-refractivity contribution is 5.74. The number of hydrogen-bond donors (Lipinski definition) is 3. The van der Waals surface area contributed by atoms with Gasteiger partial charge in [0.05, 0.1) is 19.8 Å². The second kappa shape index (κ2) is 8.52. The minimum Gasteiger partial charge on any atom is -0.496 e. The number of aliphatic hydroxyl groups is 1. The molecule has 21 heavy (non-hydrogen) atoms. The molecule has 0 saturated carbocycles. The summed E-state index contributed by atoms with van der Waals surface area (Å²) in [6.45, 7) is 6.47. The van der Waals surface area contributed by atoms with E-state index in [1.54, 1.807) is 7.11 Å². The number of ether oxygens (including phenoxy) is 1. The Kier molecular flexibility index (Phi) is 7.02. The number of aliphatic hydroxyl groups excluding tert-OH is 1. The number of rotatable bonds is 7. The Hall–Kier alpha value is -1.75. The number of benzene rings is 1. The van der Waals surface area contributed by atoms with E-state index in [2.05, 4.69) is 24.5 Å². The summed E-state index contributed by atoms with van der Waals surface area (Å²) in [5, 5.41) is 14.8. The van der Waals surface area contributed by atoms with Crippen LogP contribution in [0, 0.1) is 12.8 Å². The molecule has 1 rings (SSSR count). The number of aryl methyl sites for hydroxylation is 1. The summed E-state index contributed by atoms with van der Waals surface area (Å²) in [5.41, 5.74) is 2.04. The molecule has 0 saturated heterocycles. The van der Waals surface area contributed by atoms with Crippen LogP contribution >= 0.6 is 0 Å². The number of amides is 2. The summed E-state index contributed by atoms with van der Waals surface area (Å²) in [4.78, 5) is 11.8. The molecule has 5 nitrogen and oxygen atoms in total. The van der Waals surface area contributed by atoms with E-state index < -0.39 is 0 Å². The van der Waals surface area contributed by atoms with Gasteiger partial charge in [0.25, 0.3) is 0 Å². The minimum absolute atomic E-state index is 0.0484. The number of urea groups is 1. The fraction of sp³-hybridized carbons (Fsp3) is 0.562. The van der Waals surface area contributed by atoms with Gasteiger partial charge in [0.15, 0.2) is 0 Å². The molecule has 0 spiro atoms. The molecule has 3 N–H and O–H groups in total. The molecule has 0 radical (unpaired) electrons. The molecule has 0 aliphatic heterocycles. The third-order valence-corrected chi connectivity index (χ3v) is 3.22. The van der Waals surface area contributed by atoms with E-state index in [0.29, 0.717) is 12.5 Å². The maximum absolute atomic E-state index is 11.8. The SMILES string of the molecule is COc1ccc(CNC(=O)N[C@H](CO)CC(C)C)cc1C. The van der Waals surface area contributed by atoms with Gasteiger partial charge in [-0.1, -0.05) is 26.0 Å². The first kappa shape index (κ1) is 17.3. The summed E-state index contributed by atoms with van der Waals surface area (Å²) in [7, 11) is 1.64. The van der Waals surface area contributed by atoms with E-state index in [1.165, 1.54) is 0 Å². The monoisotopic (exact) mass is 294 g/mol. The number of carbonyl (C=O) groups excluding carboxylic acids is 1. The molecule has 0 unspecified atom stereocenters. The maximum atomic E-state index is 11.8. The molecule has 0 fully saturated rings. The fourth-order valence-electron chi connectivity index (χ4n) is 2.22.